The third-order valence-electron chi connectivity index (χ3n) is 4.55. The molecule has 0 fully saturated rings. The fourth-order valence-corrected chi connectivity index (χ4v) is 4.13. The predicted molar refractivity (Wildman–Crippen MR) is 112 cm³/mol. The number of fused-ring (bicyclic) bond motifs is 3. The summed E-state index contributed by atoms with van der Waals surface area (Å²) in [4.78, 5) is 30.6. The van der Waals surface area contributed by atoms with Gasteiger partial charge in [-0.15, -0.1) is 0 Å². The molecule has 2 aromatic carbocycles. The molecule has 1 N–H and O–H groups in total. The second-order valence-corrected chi connectivity index (χ2v) is 7.82. The highest BCUT2D eigenvalue weighted by molar-refractivity contribution is 7.18. The molecule has 0 saturated heterocycles. The van der Waals surface area contributed by atoms with Crippen LogP contribution in [0.2, 0.25) is 5.02 Å². The topological polar surface area (TPSA) is 72.7 Å². The molecule has 0 bridgehead atoms. The normalized spacial score (nSPS) is 11.1. The Labute approximate surface area is 169 Å². The van der Waals surface area contributed by atoms with E-state index in [4.69, 9.17) is 16.3 Å². The lowest BCUT2D eigenvalue weighted by atomic mass is 10.1. The van der Waals surface area contributed by atoms with E-state index >= 15 is 0 Å². The fourth-order valence-electron chi connectivity index (χ4n) is 2.95. The highest BCUT2D eigenvalue weighted by atomic mass is 35.5. The Morgan fingerprint density at radius 2 is 1.93 bits per heavy atom. The summed E-state index contributed by atoms with van der Waals surface area (Å²) < 4.78 is 6.64. The summed E-state index contributed by atoms with van der Waals surface area (Å²) in [6, 6.07) is 10.2. The number of nitrogens with zero attached hydrogens (tertiary/aromatic N) is 2. The first-order chi connectivity index (χ1) is 13.4. The van der Waals surface area contributed by atoms with Gasteiger partial charge in [0, 0.05) is 11.8 Å². The van der Waals surface area contributed by atoms with Gasteiger partial charge in [0.2, 0.25) is 0 Å². The predicted octanol–water partition coefficient (Wildman–Crippen LogP) is 4.44. The molecule has 28 heavy (non-hydrogen) atoms. The monoisotopic (exact) mass is 413 g/mol. The highest BCUT2D eigenvalue weighted by Gasteiger charge is 2.15. The van der Waals surface area contributed by atoms with E-state index in [2.05, 4.69) is 10.3 Å². The zero-order valence-electron chi connectivity index (χ0n) is 15.4. The fraction of sp³-hybridized carbons (Fsp3) is 0.150. The van der Waals surface area contributed by atoms with E-state index in [1.165, 1.54) is 17.6 Å². The Hall–Kier alpha value is -2.90. The Bertz CT molecular complexity index is 1310. The minimum Gasteiger partial charge on any atom is -0.495 e. The standard InChI is InChI=1S/C20H16ClN3O3S/c1-10-6-14-15(7-11(10)2)24-18(25)9-17(28-20(24)23-14)19(26)22-12-4-5-16(27-3)13(21)8-12/h4-9H,1-3H3,(H,22,26). The Morgan fingerprint density at radius 3 is 2.64 bits per heavy atom. The molecule has 0 spiro atoms. The average molecular weight is 414 g/mol. The summed E-state index contributed by atoms with van der Waals surface area (Å²) in [5.41, 5.74) is 3.87. The number of methoxy groups -OCH3 is 1. The molecule has 0 aliphatic carbocycles. The number of amides is 1. The summed E-state index contributed by atoms with van der Waals surface area (Å²) in [7, 11) is 1.52. The molecule has 6 nitrogen and oxygen atoms in total. The van der Waals surface area contributed by atoms with Crippen LogP contribution in [0.25, 0.3) is 16.0 Å². The lowest BCUT2D eigenvalue weighted by Crippen LogP contribution is -2.17. The van der Waals surface area contributed by atoms with Crippen molar-refractivity contribution in [2.75, 3.05) is 12.4 Å². The Morgan fingerprint density at radius 1 is 1.18 bits per heavy atom. The van der Waals surface area contributed by atoms with E-state index in [-0.39, 0.29) is 10.4 Å². The zero-order chi connectivity index (χ0) is 20.0. The van der Waals surface area contributed by atoms with E-state index in [1.807, 2.05) is 26.0 Å². The van der Waals surface area contributed by atoms with Crippen LogP contribution in [0, 0.1) is 13.8 Å². The Kier molecular flexibility index (Phi) is 4.56. The first-order valence-corrected chi connectivity index (χ1v) is 9.65. The Balaban J connectivity index is 1.74. The van der Waals surface area contributed by atoms with Crippen LogP contribution in [-0.2, 0) is 0 Å². The molecule has 0 unspecified atom stereocenters. The molecule has 4 rings (SSSR count). The van der Waals surface area contributed by atoms with Crippen LogP contribution >= 0.6 is 22.9 Å². The first kappa shape index (κ1) is 18.5. The number of aryl methyl sites for hydroxylation is 2. The van der Waals surface area contributed by atoms with Gasteiger partial charge < -0.3 is 10.1 Å². The van der Waals surface area contributed by atoms with Crippen LogP contribution in [-0.4, -0.2) is 22.4 Å². The van der Waals surface area contributed by atoms with Gasteiger partial charge in [-0.25, -0.2) is 4.98 Å². The molecule has 4 aromatic rings. The maximum atomic E-state index is 12.7. The number of ether oxygens (including phenoxy) is 1. The lowest BCUT2D eigenvalue weighted by molar-refractivity contribution is 0.103. The molecule has 2 heterocycles. The number of hydrogen-bond donors (Lipinski definition) is 1. The maximum absolute atomic E-state index is 12.7. The zero-order valence-corrected chi connectivity index (χ0v) is 16.9. The largest absolute Gasteiger partial charge is 0.495 e. The number of aromatic nitrogens is 2. The van der Waals surface area contributed by atoms with Crippen molar-refractivity contribution in [1.29, 1.82) is 0 Å². The number of halogens is 1. The number of carbonyl (C=O) groups excluding carboxylic acids is 1. The minimum absolute atomic E-state index is 0.271. The van der Waals surface area contributed by atoms with Gasteiger partial charge in [-0.3, -0.25) is 14.0 Å². The van der Waals surface area contributed by atoms with Crippen molar-refractivity contribution in [1.82, 2.24) is 9.38 Å². The smallest absolute Gasteiger partial charge is 0.266 e. The van der Waals surface area contributed by atoms with Crippen LogP contribution in [0.4, 0.5) is 5.69 Å². The third kappa shape index (κ3) is 3.12. The number of nitrogens with one attached hydrogen (secondary N) is 1. The summed E-state index contributed by atoms with van der Waals surface area (Å²) in [6.07, 6.45) is 0. The second kappa shape index (κ2) is 6.92. The van der Waals surface area contributed by atoms with Crippen LogP contribution in [0.15, 0.2) is 41.2 Å². The van der Waals surface area contributed by atoms with E-state index in [0.717, 1.165) is 33.5 Å². The first-order valence-electron chi connectivity index (χ1n) is 8.46. The molecule has 1 amide bonds. The van der Waals surface area contributed by atoms with Gasteiger partial charge in [-0.1, -0.05) is 22.9 Å². The molecule has 0 aliphatic heterocycles. The van der Waals surface area contributed by atoms with Gasteiger partial charge in [0.25, 0.3) is 11.5 Å². The SMILES string of the molecule is COc1ccc(NC(=O)c2cc(=O)n3c(nc4cc(C)c(C)cc43)s2)cc1Cl. The van der Waals surface area contributed by atoms with Crippen molar-refractivity contribution in [3.8, 4) is 5.75 Å². The van der Waals surface area contributed by atoms with Gasteiger partial charge in [-0.05, 0) is 55.3 Å². The van der Waals surface area contributed by atoms with Crippen molar-refractivity contribution in [2.45, 2.75) is 13.8 Å². The number of hydrogen-bond acceptors (Lipinski definition) is 5. The van der Waals surface area contributed by atoms with Crippen molar-refractivity contribution in [3.05, 3.63) is 67.8 Å². The second-order valence-electron chi connectivity index (χ2n) is 6.41. The molecule has 142 valence electrons. The number of benzene rings is 2. The van der Waals surface area contributed by atoms with Crippen LogP contribution in [0.1, 0.15) is 20.8 Å². The van der Waals surface area contributed by atoms with E-state index in [1.54, 1.807) is 18.2 Å². The van der Waals surface area contributed by atoms with Crippen molar-refractivity contribution in [3.63, 3.8) is 0 Å². The van der Waals surface area contributed by atoms with Crippen LogP contribution in [0.5, 0.6) is 5.75 Å². The molecule has 8 heteroatoms. The molecule has 2 aromatic heterocycles. The van der Waals surface area contributed by atoms with Gasteiger partial charge in [0.05, 0.1) is 23.2 Å². The summed E-state index contributed by atoms with van der Waals surface area (Å²) in [5.74, 6) is 0.116. The van der Waals surface area contributed by atoms with Crippen molar-refractivity contribution < 1.29 is 9.53 Å². The van der Waals surface area contributed by atoms with E-state index < -0.39 is 5.91 Å². The molecule has 0 atom stereocenters. The van der Waals surface area contributed by atoms with E-state index in [9.17, 15) is 9.59 Å². The maximum Gasteiger partial charge on any atom is 0.266 e. The molecular formula is C20H16ClN3O3S. The van der Waals surface area contributed by atoms with Crippen molar-refractivity contribution >= 4 is 50.5 Å². The van der Waals surface area contributed by atoms with Gasteiger partial charge >= 0.3 is 0 Å². The third-order valence-corrected chi connectivity index (χ3v) is 5.82. The van der Waals surface area contributed by atoms with Crippen LogP contribution < -0.4 is 15.6 Å². The number of imidazole rings is 1. The molecule has 0 aliphatic rings. The number of carbonyl (C=O) groups is 1. The number of rotatable bonds is 3. The van der Waals surface area contributed by atoms with Gasteiger partial charge in [0.1, 0.15) is 10.6 Å². The van der Waals surface area contributed by atoms with Gasteiger partial charge in [0.15, 0.2) is 4.96 Å². The number of anilines is 1. The summed E-state index contributed by atoms with van der Waals surface area (Å²) in [6.45, 7) is 3.99. The van der Waals surface area contributed by atoms with Crippen molar-refractivity contribution in [2.24, 2.45) is 0 Å². The van der Waals surface area contributed by atoms with Gasteiger partial charge in [-0.2, -0.15) is 0 Å². The summed E-state index contributed by atoms with van der Waals surface area (Å²) >= 11 is 7.26. The molecule has 0 saturated carbocycles. The van der Waals surface area contributed by atoms with E-state index in [0.29, 0.717) is 21.4 Å². The highest BCUT2D eigenvalue weighted by Crippen LogP contribution is 2.28. The molecular weight excluding hydrogens is 398 g/mol. The lowest BCUT2D eigenvalue weighted by Gasteiger charge is -2.08. The quantitative estimate of drug-likeness (QED) is 0.539. The minimum atomic E-state index is -0.398. The molecule has 0 radical (unpaired) electrons. The van der Waals surface area contributed by atoms with Crippen LogP contribution in [0.3, 0.4) is 0 Å². The average Bonchev–Trinajstić information content (AvgIpc) is 3.00. The summed E-state index contributed by atoms with van der Waals surface area (Å²) in [5, 5.41) is 3.13.